The SMILES string of the molecule is CCCCCCCCC1(CNC)CC2CCC1C2. The molecule has 0 aromatic heterocycles. The molecule has 2 rings (SSSR count). The molecule has 1 nitrogen and oxygen atoms in total. The van der Waals surface area contributed by atoms with Crippen LogP contribution in [0, 0.1) is 17.3 Å². The Morgan fingerprint density at radius 3 is 2.44 bits per heavy atom. The van der Waals surface area contributed by atoms with E-state index >= 15 is 0 Å². The molecule has 0 aromatic rings. The molecule has 3 atom stereocenters. The van der Waals surface area contributed by atoms with Crippen LogP contribution in [-0.4, -0.2) is 13.6 Å². The lowest BCUT2D eigenvalue weighted by Gasteiger charge is -2.38. The molecule has 2 aliphatic carbocycles. The van der Waals surface area contributed by atoms with Gasteiger partial charge in [0.2, 0.25) is 0 Å². The highest BCUT2D eigenvalue weighted by molar-refractivity contribution is 5.01. The molecule has 2 fully saturated rings. The van der Waals surface area contributed by atoms with Crippen molar-refractivity contribution in [3.05, 3.63) is 0 Å². The first kappa shape index (κ1) is 14.4. The summed E-state index contributed by atoms with van der Waals surface area (Å²) in [5.74, 6) is 2.15. The molecule has 2 saturated carbocycles. The second kappa shape index (κ2) is 6.93. The lowest BCUT2D eigenvalue weighted by Crippen LogP contribution is -2.37. The summed E-state index contributed by atoms with van der Waals surface area (Å²) < 4.78 is 0. The molecule has 3 unspecified atom stereocenters. The molecule has 0 spiro atoms. The van der Waals surface area contributed by atoms with Gasteiger partial charge in [-0.3, -0.25) is 0 Å². The molecule has 0 aliphatic heterocycles. The zero-order valence-electron chi connectivity index (χ0n) is 12.6. The quantitative estimate of drug-likeness (QED) is 0.582. The predicted molar refractivity (Wildman–Crippen MR) is 79.8 cm³/mol. The summed E-state index contributed by atoms with van der Waals surface area (Å²) in [6.45, 7) is 3.58. The number of nitrogens with one attached hydrogen (secondary N) is 1. The van der Waals surface area contributed by atoms with Crippen LogP contribution in [0.4, 0.5) is 0 Å². The molecule has 0 heterocycles. The molecule has 2 bridgehead atoms. The van der Waals surface area contributed by atoms with Crippen molar-refractivity contribution in [2.24, 2.45) is 17.3 Å². The second-order valence-corrected chi connectivity index (χ2v) is 6.99. The Morgan fingerprint density at radius 2 is 1.83 bits per heavy atom. The largest absolute Gasteiger partial charge is 0.319 e. The van der Waals surface area contributed by atoms with Crippen LogP contribution in [0.15, 0.2) is 0 Å². The average Bonchev–Trinajstić information content (AvgIpc) is 2.95. The molecule has 0 aromatic carbocycles. The highest BCUT2D eigenvalue weighted by Crippen LogP contribution is 2.57. The maximum atomic E-state index is 3.50. The van der Waals surface area contributed by atoms with E-state index in [0.717, 1.165) is 11.8 Å². The van der Waals surface area contributed by atoms with Crippen molar-refractivity contribution in [3.8, 4) is 0 Å². The van der Waals surface area contributed by atoms with Crippen molar-refractivity contribution in [2.75, 3.05) is 13.6 Å². The summed E-state index contributed by atoms with van der Waals surface area (Å²) in [7, 11) is 2.15. The number of hydrogen-bond acceptors (Lipinski definition) is 1. The van der Waals surface area contributed by atoms with Crippen LogP contribution in [0.1, 0.15) is 77.6 Å². The van der Waals surface area contributed by atoms with Crippen molar-refractivity contribution in [1.29, 1.82) is 0 Å². The van der Waals surface area contributed by atoms with Crippen LogP contribution in [0.3, 0.4) is 0 Å². The zero-order valence-corrected chi connectivity index (χ0v) is 12.6. The van der Waals surface area contributed by atoms with E-state index in [-0.39, 0.29) is 0 Å². The highest BCUT2D eigenvalue weighted by atomic mass is 14.8. The Labute approximate surface area is 114 Å². The van der Waals surface area contributed by atoms with Gasteiger partial charge in [-0.25, -0.2) is 0 Å². The van der Waals surface area contributed by atoms with E-state index in [9.17, 15) is 0 Å². The molecule has 1 N–H and O–H groups in total. The first-order valence-electron chi connectivity index (χ1n) is 8.45. The molecule has 106 valence electrons. The minimum Gasteiger partial charge on any atom is -0.319 e. The average molecular weight is 251 g/mol. The topological polar surface area (TPSA) is 12.0 Å². The summed E-state index contributed by atoms with van der Waals surface area (Å²) in [4.78, 5) is 0. The number of unbranched alkanes of at least 4 members (excludes halogenated alkanes) is 5. The minimum atomic E-state index is 0.697. The van der Waals surface area contributed by atoms with Crippen molar-refractivity contribution in [1.82, 2.24) is 5.32 Å². The Bertz CT molecular complexity index is 238. The third-order valence-electron chi connectivity index (χ3n) is 5.66. The summed E-state index contributed by atoms with van der Waals surface area (Å²) in [5.41, 5.74) is 0.697. The van der Waals surface area contributed by atoms with Crippen molar-refractivity contribution >= 4 is 0 Å². The molecule has 18 heavy (non-hydrogen) atoms. The molecular formula is C17H33N. The van der Waals surface area contributed by atoms with Gasteiger partial charge in [0.1, 0.15) is 0 Å². The van der Waals surface area contributed by atoms with Gasteiger partial charge in [-0.15, -0.1) is 0 Å². The van der Waals surface area contributed by atoms with Gasteiger partial charge in [0.25, 0.3) is 0 Å². The maximum Gasteiger partial charge on any atom is 0.000756 e. The van der Waals surface area contributed by atoms with Crippen LogP contribution < -0.4 is 5.32 Å². The molecule has 0 radical (unpaired) electrons. The maximum absolute atomic E-state index is 3.50. The summed E-state index contributed by atoms with van der Waals surface area (Å²) >= 11 is 0. The molecule has 0 amide bonds. The van der Waals surface area contributed by atoms with Gasteiger partial charge in [-0.2, -0.15) is 0 Å². The number of rotatable bonds is 9. The monoisotopic (exact) mass is 251 g/mol. The third kappa shape index (κ3) is 3.29. The normalized spacial score (nSPS) is 34.3. The van der Waals surface area contributed by atoms with Gasteiger partial charge >= 0.3 is 0 Å². The van der Waals surface area contributed by atoms with Gasteiger partial charge < -0.3 is 5.32 Å². The number of hydrogen-bond donors (Lipinski definition) is 1. The zero-order chi connectivity index (χ0) is 12.8. The Balaban J connectivity index is 1.70. The van der Waals surface area contributed by atoms with Crippen LogP contribution >= 0.6 is 0 Å². The van der Waals surface area contributed by atoms with E-state index in [1.807, 2.05) is 0 Å². The molecule has 0 saturated heterocycles. The van der Waals surface area contributed by atoms with E-state index < -0.39 is 0 Å². The van der Waals surface area contributed by atoms with Crippen molar-refractivity contribution < 1.29 is 0 Å². The van der Waals surface area contributed by atoms with Crippen LogP contribution in [0.2, 0.25) is 0 Å². The fourth-order valence-electron chi connectivity index (χ4n) is 4.78. The van der Waals surface area contributed by atoms with E-state index in [4.69, 9.17) is 0 Å². The first-order valence-corrected chi connectivity index (χ1v) is 8.45. The van der Waals surface area contributed by atoms with E-state index in [0.29, 0.717) is 5.41 Å². The van der Waals surface area contributed by atoms with Crippen molar-refractivity contribution in [2.45, 2.75) is 77.6 Å². The highest BCUT2D eigenvalue weighted by Gasteiger charge is 2.49. The minimum absolute atomic E-state index is 0.697. The van der Waals surface area contributed by atoms with Crippen LogP contribution in [0.5, 0.6) is 0 Å². The lowest BCUT2D eigenvalue weighted by molar-refractivity contribution is 0.141. The third-order valence-corrected chi connectivity index (χ3v) is 5.66. The Hall–Kier alpha value is -0.0400. The fourth-order valence-corrected chi connectivity index (χ4v) is 4.78. The van der Waals surface area contributed by atoms with Crippen LogP contribution in [0.25, 0.3) is 0 Å². The van der Waals surface area contributed by atoms with Gasteiger partial charge in [-0.1, -0.05) is 51.9 Å². The smallest absolute Gasteiger partial charge is 0.000756 e. The van der Waals surface area contributed by atoms with Gasteiger partial charge in [0.15, 0.2) is 0 Å². The standard InChI is InChI=1S/C17H33N/c1-3-4-5-6-7-8-11-17(14-18-2)13-15-9-10-16(17)12-15/h15-16,18H,3-14H2,1-2H3. The summed E-state index contributed by atoms with van der Waals surface area (Å²) in [6, 6.07) is 0. The Kier molecular flexibility index (Phi) is 5.54. The molecule has 1 heteroatoms. The van der Waals surface area contributed by atoms with E-state index in [1.54, 1.807) is 6.42 Å². The molecule has 2 aliphatic rings. The van der Waals surface area contributed by atoms with Crippen LogP contribution in [-0.2, 0) is 0 Å². The summed E-state index contributed by atoms with van der Waals surface area (Å²) in [6.07, 6.45) is 16.3. The van der Waals surface area contributed by atoms with Gasteiger partial charge in [0.05, 0.1) is 0 Å². The predicted octanol–water partition coefficient (Wildman–Crippen LogP) is 4.76. The first-order chi connectivity index (χ1) is 8.80. The van der Waals surface area contributed by atoms with Gasteiger partial charge in [0, 0.05) is 6.54 Å². The van der Waals surface area contributed by atoms with Crippen molar-refractivity contribution in [3.63, 3.8) is 0 Å². The van der Waals surface area contributed by atoms with Gasteiger partial charge in [-0.05, 0) is 50.0 Å². The summed E-state index contributed by atoms with van der Waals surface area (Å²) in [5, 5.41) is 3.50. The van der Waals surface area contributed by atoms with E-state index in [2.05, 4.69) is 19.3 Å². The Morgan fingerprint density at radius 1 is 1.06 bits per heavy atom. The second-order valence-electron chi connectivity index (χ2n) is 6.99. The van der Waals surface area contributed by atoms with E-state index in [1.165, 1.54) is 70.8 Å². The molecular weight excluding hydrogens is 218 g/mol. The fraction of sp³-hybridized carbons (Fsp3) is 1.00. The number of fused-ring (bicyclic) bond motifs is 2. The lowest BCUT2D eigenvalue weighted by atomic mass is 9.70.